The van der Waals surface area contributed by atoms with E-state index >= 15 is 8.78 Å². The number of hydrogen-bond donors (Lipinski definition) is 3. The van der Waals surface area contributed by atoms with Crippen molar-refractivity contribution in [1.82, 2.24) is 45.2 Å². The second-order valence-electron chi connectivity index (χ2n) is 19.9. The molecular formula is C51H60F2N10O6S. The van der Waals surface area contributed by atoms with Gasteiger partial charge < -0.3 is 35.2 Å². The van der Waals surface area contributed by atoms with Gasteiger partial charge >= 0.3 is 0 Å². The van der Waals surface area contributed by atoms with Crippen molar-refractivity contribution in [2.75, 3.05) is 37.7 Å². The van der Waals surface area contributed by atoms with E-state index in [-0.39, 0.29) is 60.4 Å². The van der Waals surface area contributed by atoms with Gasteiger partial charge in [-0.15, -0.1) is 11.3 Å². The van der Waals surface area contributed by atoms with Crippen LogP contribution < -0.4 is 15.5 Å². The molecule has 0 radical (unpaired) electrons. The fourth-order valence-electron chi connectivity index (χ4n) is 10.2. The molecule has 2 aromatic carbocycles. The average molecular weight is 979 g/mol. The second kappa shape index (κ2) is 20.3. The van der Waals surface area contributed by atoms with Crippen molar-refractivity contribution in [3.63, 3.8) is 0 Å². The molecule has 4 amide bonds. The Morgan fingerprint density at radius 1 is 1.00 bits per heavy atom. The number of ether oxygens (including phenoxy) is 1. The van der Waals surface area contributed by atoms with E-state index in [1.54, 1.807) is 55.5 Å². The maximum absolute atomic E-state index is 15.1. The summed E-state index contributed by atoms with van der Waals surface area (Å²) in [6.45, 7) is 11.9. The third-order valence-corrected chi connectivity index (χ3v) is 14.9. The minimum absolute atomic E-state index is 0.0243. The Kier molecular flexibility index (Phi) is 14.1. The van der Waals surface area contributed by atoms with Crippen molar-refractivity contribution >= 4 is 46.5 Å². The lowest BCUT2D eigenvalue weighted by molar-refractivity contribution is -0.144. The number of benzene rings is 2. The van der Waals surface area contributed by atoms with Gasteiger partial charge in [0.1, 0.15) is 12.1 Å². The minimum atomic E-state index is -2.84. The van der Waals surface area contributed by atoms with Crippen LogP contribution in [0, 0.1) is 12.3 Å². The first kappa shape index (κ1) is 48.8. The van der Waals surface area contributed by atoms with E-state index in [4.69, 9.17) is 9.84 Å². The molecule has 5 aromatic rings. The molecule has 3 N–H and O–H groups in total. The number of amides is 4. The maximum atomic E-state index is 15.1. The number of aryl methyl sites for hydroxylation is 2. The van der Waals surface area contributed by atoms with E-state index in [0.717, 1.165) is 57.8 Å². The number of nitrogens with zero attached hydrogens (tertiary/aromatic N) is 8. The molecule has 7 heterocycles. The highest BCUT2D eigenvalue weighted by Gasteiger charge is 2.44. The summed E-state index contributed by atoms with van der Waals surface area (Å²) >= 11 is 1.56. The summed E-state index contributed by atoms with van der Waals surface area (Å²) in [6, 6.07) is 9.23. The van der Waals surface area contributed by atoms with Crippen LogP contribution in [0.25, 0.3) is 21.7 Å². The third-order valence-electron chi connectivity index (χ3n) is 13.9. The molecule has 70 heavy (non-hydrogen) atoms. The van der Waals surface area contributed by atoms with E-state index in [2.05, 4.69) is 30.3 Å². The van der Waals surface area contributed by atoms with Crippen LogP contribution in [-0.4, -0.2) is 114 Å². The second-order valence-corrected chi connectivity index (χ2v) is 20.7. The Bertz CT molecular complexity index is 2750. The number of hydrogen-bond acceptors (Lipinski definition) is 12. The topological polar surface area (TPSA) is 188 Å². The number of anilines is 2. The number of carbonyl (C=O) groups is 4. The van der Waals surface area contributed by atoms with Crippen LogP contribution in [0.5, 0.6) is 0 Å². The molecule has 0 unspecified atom stereocenters. The van der Waals surface area contributed by atoms with E-state index < -0.39 is 47.7 Å². The Morgan fingerprint density at radius 3 is 2.44 bits per heavy atom. The van der Waals surface area contributed by atoms with Crippen LogP contribution in [0.15, 0.2) is 54.3 Å². The standard InChI is InChI=1S/C51H60F2N10O6S/c1-29-45(70-28-57-29)32-10-8-31(9-11-32)23-56-49(67)43-21-36(65)26-62(43)50(68)46(51(3,4)5)58-44(66)20-34-24-55-40(25-54-34)37-19-33-7-6-15-61(42(33)22-38(37)47(52)53)48-39-27-60(30(2)64)16-12-41(39)63(59-48)35-13-17-69-18-14-35/h8-11,19,22,24-25,28,35-36,43,46-47,65H,6-7,12-18,20-21,23,26-27H2,1-5H3,(H,56,67)(H,58,66)/t36-,43+,46-/m1/s1. The van der Waals surface area contributed by atoms with E-state index in [9.17, 15) is 24.3 Å². The van der Waals surface area contributed by atoms with E-state index in [1.165, 1.54) is 23.4 Å². The first-order chi connectivity index (χ1) is 33.5. The van der Waals surface area contributed by atoms with Crippen molar-refractivity contribution < 1.29 is 37.8 Å². The van der Waals surface area contributed by atoms with Gasteiger partial charge in [-0.2, -0.15) is 5.10 Å². The molecule has 0 bridgehead atoms. The van der Waals surface area contributed by atoms with Gasteiger partial charge in [-0.25, -0.2) is 13.8 Å². The van der Waals surface area contributed by atoms with Crippen LogP contribution in [-0.2, 0) is 56.3 Å². The summed E-state index contributed by atoms with van der Waals surface area (Å²) in [5, 5.41) is 21.6. The van der Waals surface area contributed by atoms with Gasteiger partial charge in [-0.3, -0.25) is 33.8 Å². The first-order valence-electron chi connectivity index (χ1n) is 24.1. The van der Waals surface area contributed by atoms with Crippen molar-refractivity contribution in [3.8, 4) is 21.7 Å². The van der Waals surface area contributed by atoms with Gasteiger partial charge in [-0.05, 0) is 66.8 Å². The van der Waals surface area contributed by atoms with Gasteiger partial charge in [0.05, 0.1) is 58.8 Å². The minimum Gasteiger partial charge on any atom is -0.391 e. The number of carbonyl (C=O) groups excluding carboxylic acids is 4. The molecule has 0 spiro atoms. The number of β-amino-alcohol motifs (C(OH)–C–C–N with tert-alkyl or cyclic N) is 1. The molecule has 0 aliphatic carbocycles. The lowest BCUT2D eigenvalue weighted by Gasteiger charge is -2.35. The van der Waals surface area contributed by atoms with Gasteiger partial charge in [0.25, 0.3) is 6.43 Å². The maximum Gasteiger partial charge on any atom is 0.264 e. The number of alkyl halides is 2. The molecule has 2 saturated heterocycles. The average Bonchev–Trinajstić information content (AvgIpc) is 4.08. The van der Waals surface area contributed by atoms with Crippen LogP contribution in [0.3, 0.4) is 0 Å². The molecule has 19 heteroatoms. The van der Waals surface area contributed by atoms with E-state index in [1.807, 2.05) is 36.1 Å². The fourth-order valence-corrected chi connectivity index (χ4v) is 11.0. The zero-order valence-electron chi connectivity index (χ0n) is 40.2. The first-order valence-corrected chi connectivity index (χ1v) is 24.9. The number of nitrogens with one attached hydrogen (secondary N) is 2. The number of aromatic nitrogens is 5. The predicted octanol–water partition coefficient (Wildman–Crippen LogP) is 6.40. The molecule has 16 nitrogen and oxygen atoms in total. The smallest absolute Gasteiger partial charge is 0.264 e. The normalized spacial score (nSPS) is 19.0. The van der Waals surface area contributed by atoms with E-state index in [0.29, 0.717) is 57.2 Å². The zero-order valence-corrected chi connectivity index (χ0v) is 41.0. The van der Waals surface area contributed by atoms with Gasteiger partial charge in [-0.1, -0.05) is 45.0 Å². The van der Waals surface area contributed by atoms with Crippen LogP contribution in [0.2, 0.25) is 0 Å². The predicted molar refractivity (Wildman–Crippen MR) is 259 cm³/mol. The quantitative estimate of drug-likeness (QED) is 0.126. The van der Waals surface area contributed by atoms with Gasteiger partial charge in [0.2, 0.25) is 23.6 Å². The molecule has 4 aliphatic heterocycles. The number of fused-ring (bicyclic) bond motifs is 2. The molecule has 4 aliphatic rings. The number of halogens is 2. The molecule has 0 saturated carbocycles. The number of rotatable bonds is 12. The van der Waals surface area contributed by atoms with Crippen LogP contribution in [0.1, 0.15) is 105 Å². The lowest BCUT2D eigenvalue weighted by atomic mass is 9.85. The molecule has 370 valence electrons. The van der Waals surface area contributed by atoms with Crippen molar-refractivity contribution in [2.45, 2.75) is 123 Å². The van der Waals surface area contributed by atoms with Crippen LogP contribution >= 0.6 is 11.3 Å². The van der Waals surface area contributed by atoms with Crippen molar-refractivity contribution in [3.05, 3.63) is 93.6 Å². The fraction of sp³-hybridized carbons (Fsp3) is 0.490. The summed E-state index contributed by atoms with van der Waals surface area (Å²) in [7, 11) is 0. The number of aliphatic hydroxyl groups excluding tert-OH is 1. The highest BCUT2D eigenvalue weighted by molar-refractivity contribution is 7.13. The Balaban J connectivity index is 0.884. The molecule has 2 fully saturated rings. The Hall–Kier alpha value is -6.18. The summed E-state index contributed by atoms with van der Waals surface area (Å²) in [4.78, 5) is 73.6. The third kappa shape index (κ3) is 10.2. The van der Waals surface area contributed by atoms with Gasteiger partial charge in [0.15, 0.2) is 5.82 Å². The van der Waals surface area contributed by atoms with Crippen LogP contribution in [0.4, 0.5) is 20.3 Å². The number of thiazole rings is 1. The summed E-state index contributed by atoms with van der Waals surface area (Å²) in [5.41, 5.74) is 7.90. The summed E-state index contributed by atoms with van der Waals surface area (Å²) < 4.78 is 38.0. The number of likely N-dealkylation sites (tertiary alicyclic amines) is 1. The Labute approximate surface area is 409 Å². The SMILES string of the molecule is CC(=O)N1CCc2c(c(N3CCCc4cc(-c5cnc(CC(=O)N[C@H](C(=O)N6C[C@H](O)C[C@H]6C(=O)NCc6ccc(-c7scnc7C)cc6)C(C)(C)C)cn5)c(C(F)F)cc43)nn2C2CCOCC2)C1. The summed E-state index contributed by atoms with van der Waals surface area (Å²) in [6.07, 6.45) is 2.49. The largest absolute Gasteiger partial charge is 0.391 e. The Morgan fingerprint density at radius 2 is 1.77 bits per heavy atom. The number of aliphatic hydroxyl groups is 1. The molecule has 3 aromatic heterocycles. The molecular weight excluding hydrogens is 919 g/mol. The highest BCUT2D eigenvalue weighted by Crippen LogP contribution is 2.43. The lowest BCUT2D eigenvalue weighted by Crippen LogP contribution is -2.58. The molecule has 3 atom stereocenters. The van der Waals surface area contributed by atoms with Gasteiger partial charge in [0, 0.05) is 93.4 Å². The highest BCUT2D eigenvalue weighted by atomic mass is 32.1. The van der Waals surface area contributed by atoms with Crippen molar-refractivity contribution in [1.29, 1.82) is 0 Å². The molecule has 9 rings (SSSR count). The summed E-state index contributed by atoms with van der Waals surface area (Å²) in [5.74, 6) is -0.767. The monoisotopic (exact) mass is 978 g/mol. The van der Waals surface area contributed by atoms with Crippen molar-refractivity contribution in [2.24, 2.45) is 5.41 Å². The zero-order chi connectivity index (χ0) is 49.4.